The van der Waals surface area contributed by atoms with E-state index in [0.29, 0.717) is 11.3 Å². The van der Waals surface area contributed by atoms with Crippen molar-refractivity contribution in [2.75, 3.05) is 6.61 Å². The van der Waals surface area contributed by atoms with E-state index in [2.05, 4.69) is 10.3 Å². The van der Waals surface area contributed by atoms with Crippen molar-refractivity contribution in [3.8, 4) is 5.75 Å². The van der Waals surface area contributed by atoms with Gasteiger partial charge in [0, 0.05) is 39.3 Å². The molecule has 182 valence electrons. The topological polar surface area (TPSA) is 139 Å². The van der Waals surface area contributed by atoms with Crippen molar-refractivity contribution in [1.82, 2.24) is 10.3 Å². The van der Waals surface area contributed by atoms with Gasteiger partial charge in [-0.15, -0.1) is 0 Å². The number of hydrogen-bond donors (Lipinski definition) is 1. The first-order chi connectivity index (χ1) is 16.2. The van der Waals surface area contributed by atoms with Gasteiger partial charge in [0.05, 0.1) is 0 Å². The maximum atomic E-state index is 12.0. The van der Waals surface area contributed by atoms with Gasteiger partial charge in [0.25, 0.3) is 0 Å². The van der Waals surface area contributed by atoms with Gasteiger partial charge in [-0.25, -0.2) is 0 Å². The number of aromatic nitrogens is 1. The number of hydrogen-bond acceptors (Lipinski definition) is 10. The Bertz CT molecular complexity index is 1070. The Morgan fingerprint density at radius 2 is 1.62 bits per heavy atom. The van der Waals surface area contributed by atoms with Crippen LogP contribution in [0.15, 0.2) is 36.5 Å². The summed E-state index contributed by atoms with van der Waals surface area (Å²) in [7, 11) is 0. The van der Waals surface area contributed by atoms with Crippen LogP contribution >= 0.6 is 0 Å². The molecule has 1 aromatic carbocycles. The average molecular weight is 474 g/mol. The molecule has 0 saturated carbocycles. The largest absolute Gasteiger partial charge is 0.463 e. The lowest BCUT2D eigenvalue weighted by atomic mass is 9.96. The van der Waals surface area contributed by atoms with Gasteiger partial charge in [-0.2, -0.15) is 0 Å². The Balaban J connectivity index is 2.03. The van der Waals surface area contributed by atoms with Crippen molar-refractivity contribution < 1.29 is 42.9 Å². The molecule has 0 bridgehead atoms. The third-order valence-electron chi connectivity index (χ3n) is 4.91. The third-order valence-corrected chi connectivity index (χ3v) is 4.91. The maximum absolute atomic E-state index is 12.0. The minimum Gasteiger partial charge on any atom is -0.463 e. The Morgan fingerprint density at radius 1 is 0.941 bits per heavy atom. The molecule has 11 nitrogen and oxygen atoms in total. The average Bonchev–Trinajstić information content (AvgIpc) is 2.75. The number of pyridine rings is 1. The summed E-state index contributed by atoms with van der Waals surface area (Å²) in [5, 5.41) is 3.46. The Kier molecular flexibility index (Phi) is 8.00. The predicted octanol–water partition coefficient (Wildman–Crippen LogP) is 1.27. The zero-order valence-electron chi connectivity index (χ0n) is 19.2. The molecule has 1 saturated heterocycles. The van der Waals surface area contributed by atoms with Gasteiger partial charge in [-0.05, 0) is 12.1 Å². The number of para-hydroxylation sites is 1. The van der Waals surface area contributed by atoms with E-state index in [1.165, 1.54) is 27.7 Å². The van der Waals surface area contributed by atoms with Crippen LogP contribution in [0.1, 0.15) is 27.7 Å². The van der Waals surface area contributed by atoms with E-state index in [1.807, 2.05) is 12.1 Å². The molecule has 34 heavy (non-hydrogen) atoms. The van der Waals surface area contributed by atoms with Gasteiger partial charge in [-0.3, -0.25) is 24.2 Å². The number of benzene rings is 1. The number of nitrogens with one attached hydrogen (secondary N) is 1. The zero-order chi connectivity index (χ0) is 24.8. The van der Waals surface area contributed by atoms with Crippen LogP contribution in [0.2, 0.25) is 0 Å². The van der Waals surface area contributed by atoms with E-state index in [-0.39, 0.29) is 6.61 Å². The lowest BCUT2D eigenvalue weighted by molar-refractivity contribution is -0.257. The molecule has 1 amide bonds. The number of ether oxygens (including phenoxy) is 5. The van der Waals surface area contributed by atoms with Gasteiger partial charge in [0.2, 0.25) is 12.2 Å². The summed E-state index contributed by atoms with van der Waals surface area (Å²) in [5.41, 5.74) is 0.540. The minimum absolute atomic E-state index is 0.314. The summed E-state index contributed by atoms with van der Waals surface area (Å²) >= 11 is 0. The van der Waals surface area contributed by atoms with Gasteiger partial charge in [-0.1, -0.05) is 18.2 Å². The van der Waals surface area contributed by atoms with Crippen LogP contribution in [0.25, 0.3) is 10.9 Å². The summed E-state index contributed by atoms with van der Waals surface area (Å²) in [6, 6.07) is 7.84. The van der Waals surface area contributed by atoms with Crippen molar-refractivity contribution in [2.45, 2.75) is 58.3 Å². The molecule has 1 fully saturated rings. The standard InChI is InChI=1S/C23H26N2O9/c1-12(26)25-20-22(32-15(4)29)21(31-14(3)28)18(11-30-13(2)27)34-23(20)33-17-9-5-7-16-8-6-10-24-19(16)17/h5-10,18,20-23H,11H2,1-4H3,(H,25,26)/t18-,20+,21+,22+,23-/m1/s1. The van der Waals surface area contributed by atoms with Gasteiger partial charge >= 0.3 is 17.9 Å². The monoisotopic (exact) mass is 474 g/mol. The number of rotatable bonds is 7. The third kappa shape index (κ3) is 6.19. The van der Waals surface area contributed by atoms with Crippen LogP contribution in [-0.4, -0.2) is 66.0 Å². The van der Waals surface area contributed by atoms with E-state index >= 15 is 0 Å². The van der Waals surface area contributed by atoms with E-state index < -0.39 is 54.5 Å². The fraction of sp³-hybridized carbons (Fsp3) is 0.435. The van der Waals surface area contributed by atoms with Crippen LogP contribution in [0.3, 0.4) is 0 Å². The van der Waals surface area contributed by atoms with Crippen molar-refractivity contribution in [1.29, 1.82) is 0 Å². The molecular formula is C23H26N2O9. The molecule has 0 spiro atoms. The summed E-state index contributed by atoms with van der Waals surface area (Å²) in [5.74, 6) is -2.07. The second-order valence-electron chi connectivity index (χ2n) is 7.67. The second kappa shape index (κ2) is 10.9. The van der Waals surface area contributed by atoms with Gasteiger partial charge in [0.1, 0.15) is 30.0 Å². The van der Waals surface area contributed by atoms with Crippen molar-refractivity contribution in [3.05, 3.63) is 36.5 Å². The van der Waals surface area contributed by atoms with Crippen LogP contribution in [0.5, 0.6) is 5.75 Å². The highest BCUT2D eigenvalue weighted by Gasteiger charge is 2.52. The molecule has 11 heteroatoms. The molecule has 3 rings (SSSR count). The van der Waals surface area contributed by atoms with Gasteiger partial charge in [0.15, 0.2) is 12.2 Å². The molecule has 2 aromatic rings. The molecule has 5 atom stereocenters. The summed E-state index contributed by atoms with van der Waals surface area (Å²) in [4.78, 5) is 51.6. The Hall–Kier alpha value is -3.73. The lowest BCUT2D eigenvalue weighted by Gasteiger charge is -2.44. The Morgan fingerprint density at radius 3 is 2.26 bits per heavy atom. The quantitative estimate of drug-likeness (QED) is 0.461. The van der Waals surface area contributed by atoms with Crippen LogP contribution in [0, 0.1) is 0 Å². The first-order valence-electron chi connectivity index (χ1n) is 10.6. The molecule has 1 N–H and O–H groups in total. The number of nitrogens with zero attached hydrogens (tertiary/aromatic N) is 1. The first-order valence-corrected chi connectivity index (χ1v) is 10.6. The second-order valence-corrected chi connectivity index (χ2v) is 7.67. The predicted molar refractivity (Wildman–Crippen MR) is 116 cm³/mol. The van der Waals surface area contributed by atoms with Crippen molar-refractivity contribution in [3.63, 3.8) is 0 Å². The number of esters is 3. The van der Waals surface area contributed by atoms with Gasteiger partial charge < -0.3 is 29.0 Å². The zero-order valence-corrected chi connectivity index (χ0v) is 19.2. The molecule has 0 unspecified atom stereocenters. The molecular weight excluding hydrogens is 448 g/mol. The Labute approximate surface area is 195 Å². The first kappa shape index (κ1) is 24.9. The van der Waals surface area contributed by atoms with E-state index in [0.717, 1.165) is 5.39 Å². The van der Waals surface area contributed by atoms with Crippen molar-refractivity contribution in [2.24, 2.45) is 0 Å². The SMILES string of the molecule is CC(=O)N[C@@H]1[C@H](Oc2cccc3cccnc23)O[C@H](COC(C)=O)[C@H](OC(C)=O)[C@H]1OC(C)=O. The van der Waals surface area contributed by atoms with Crippen LogP contribution in [-0.2, 0) is 38.1 Å². The normalized spacial score (nSPS) is 24.1. The summed E-state index contributed by atoms with van der Waals surface area (Å²) in [6.45, 7) is 4.52. The van der Waals surface area contributed by atoms with Crippen LogP contribution < -0.4 is 10.1 Å². The smallest absolute Gasteiger partial charge is 0.303 e. The maximum Gasteiger partial charge on any atom is 0.303 e. The molecule has 0 radical (unpaired) electrons. The van der Waals surface area contributed by atoms with E-state index in [4.69, 9.17) is 23.7 Å². The molecule has 1 aliphatic rings. The summed E-state index contributed by atoms with van der Waals surface area (Å²) in [6.07, 6.45) is -3.07. The number of carbonyl (C=O) groups excluding carboxylic acids is 4. The van der Waals surface area contributed by atoms with E-state index in [9.17, 15) is 19.2 Å². The fourth-order valence-electron chi connectivity index (χ4n) is 3.69. The highest BCUT2D eigenvalue weighted by atomic mass is 16.7. The number of amides is 1. The van der Waals surface area contributed by atoms with Crippen LogP contribution in [0.4, 0.5) is 0 Å². The van der Waals surface area contributed by atoms with E-state index in [1.54, 1.807) is 24.4 Å². The molecule has 2 heterocycles. The molecule has 1 aliphatic heterocycles. The molecule has 1 aromatic heterocycles. The summed E-state index contributed by atoms with van der Waals surface area (Å²) < 4.78 is 28.1. The number of fused-ring (bicyclic) bond motifs is 1. The highest BCUT2D eigenvalue weighted by Crippen LogP contribution is 2.31. The minimum atomic E-state index is -1.21. The lowest BCUT2D eigenvalue weighted by Crippen LogP contribution is -2.67. The number of carbonyl (C=O) groups is 4. The highest BCUT2D eigenvalue weighted by molar-refractivity contribution is 5.84. The van der Waals surface area contributed by atoms with Crippen molar-refractivity contribution >= 4 is 34.7 Å². The fourth-order valence-corrected chi connectivity index (χ4v) is 3.69. The molecule has 0 aliphatic carbocycles.